The minimum Gasteiger partial charge on any atom is -0.295 e. The van der Waals surface area contributed by atoms with Crippen molar-refractivity contribution < 1.29 is 0 Å². The summed E-state index contributed by atoms with van der Waals surface area (Å²) in [5.41, 5.74) is 4.05. The van der Waals surface area contributed by atoms with Crippen LogP contribution in [0, 0.1) is 6.92 Å². The molecule has 1 aromatic heterocycles. The number of aromatic amines is 1. The fraction of sp³-hybridized carbons (Fsp3) is 0.471. The molecule has 108 valence electrons. The van der Waals surface area contributed by atoms with Crippen LogP contribution < -0.4 is 5.56 Å². The Morgan fingerprint density at radius 2 is 1.95 bits per heavy atom. The van der Waals surface area contributed by atoms with Crippen LogP contribution in [0.3, 0.4) is 0 Å². The third-order valence-corrected chi connectivity index (χ3v) is 3.46. The van der Waals surface area contributed by atoms with E-state index in [4.69, 9.17) is 0 Å². The molecule has 2 aromatic rings. The van der Waals surface area contributed by atoms with Gasteiger partial charge in [0, 0.05) is 17.7 Å². The molecule has 1 heterocycles. The highest BCUT2D eigenvalue weighted by molar-refractivity contribution is 5.64. The SMILES string of the molecule is CCCn1[nH]c(-c2cccc(C)c2)c(C(C)(C)C)c1=O. The first-order valence-electron chi connectivity index (χ1n) is 7.25. The zero-order chi connectivity index (χ0) is 14.9. The average molecular weight is 272 g/mol. The van der Waals surface area contributed by atoms with Gasteiger partial charge in [0.2, 0.25) is 0 Å². The van der Waals surface area contributed by atoms with Crippen molar-refractivity contribution in [2.75, 3.05) is 0 Å². The van der Waals surface area contributed by atoms with Gasteiger partial charge in [0.15, 0.2) is 0 Å². The Labute approximate surface area is 120 Å². The van der Waals surface area contributed by atoms with Crippen molar-refractivity contribution >= 4 is 0 Å². The van der Waals surface area contributed by atoms with Gasteiger partial charge in [-0.25, -0.2) is 0 Å². The standard InChI is InChI=1S/C17H24N2O/c1-6-10-19-16(20)14(17(3,4)5)15(18-19)13-9-7-8-12(2)11-13/h7-9,11,18H,6,10H2,1-5H3. The van der Waals surface area contributed by atoms with Crippen LogP contribution in [0.2, 0.25) is 0 Å². The van der Waals surface area contributed by atoms with Gasteiger partial charge in [0.25, 0.3) is 5.56 Å². The lowest BCUT2D eigenvalue weighted by Crippen LogP contribution is -2.26. The summed E-state index contributed by atoms with van der Waals surface area (Å²) in [5.74, 6) is 0. The Morgan fingerprint density at radius 3 is 2.50 bits per heavy atom. The molecular weight excluding hydrogens is 248 g/mol. The van der Waals surface area contributed by atoms with Crippen molar-refractivity contribution in [3.05, 3.63) is 45.7 Å². The molecule has 1 N–H and O–H groups in total. The lowest BCUT2D eigenvalue weighted by molar-refractivity contribution is 0.561. The first-order valence-corrected chi connectivity index (χ1v) is 7.25. The van der Waals surface area contributed by atoms with E-state index in [1.807, 2.05) is 6.07 Å². The number of nitrogens with zero attached hydrogens (tertiary/aromatic N) is 1. The Kier molecular flexibility index (Phi) is 3.89. The highest BCUT2D eigenvalue weighted by Gasteiger charge is 2.26. The summed E-state index contributed by atoms with van der Waals surface area (Å²) in [6.45, 7) is 11.2. The smallest absolute Gasteiger partial charge is 0.270 e. The molecule has 0 aliphatic rings. The summed E-state index contributed by atoms with van der Waals surface area (Å²) in [7, 11) is 0. The fourth-order valence-corrected chi connectivity index (χ4v) is 2.57. The summed E-state index contributed by atoms with van der Waals surface area (Å²) in [6.07, 6.45) is 0.942. The van der Waals surface area contributed by atoms with E-state index in [2.05, 4.69) is 57.9 Å². The number of hydrogen-bond donors (Lipinski definition) is 1. The van der Waals surface area contributed by atoms with E-state index in [1.54, 1.807) is 4.68 Å². The summed E-state index contributed by atoms with van der Waals surface area (Å²) < 4.78 is 1.73. The van der Waals surface area contributed by atoms with E-state index in [1.165, 1.54) is 5.56 Å². The molecule has 0 atom stereocenters. The maximum absolute atomic E-state index is 12.6. The number of H-pyrrole nitrogens is 1. The van der Waals surface area contributed by atoms with Gasteiger partial charge in [-0.3, -0.25) is 14.6 Å². The summed E-state index contributed by atoms with van der Waals surface area (Å²) in [6, 6.07) is 8.29. The second kappa shape index (κ2) is 5.31. The van der Waals surface area contributed by atoms with E-state index in [0.29, 0.717) is 0 Å². The number of aryl methyl sites for hydroxylation is 2. The molecule has 0 bridgehead atoms. The van der Waals surface area contributed by atoms with Crippen LogP contribution in [0.5, 0.6) is 0 Å². The Balaban J connectivity index is 2.69. The third-order valence-electron chi connectivity index (χ3n) is 3.46. The minimum absolute atomic E-state index is 0.107. The zero-order valence-corrected chi connectivity index (χ0v) is 13.1. The van der Waals surface area contributed by atoms with Crippen LogP contribution in [0.4, 0.5) is 0 Å². The second-order valence-electron chi connectivity index (χ2n) is 6.44. The molecular formula is C17H24N2O. The zero-order valence-electron chi connectivity index (χ0n) is 13.1. The molecule has 0 aliphatic carbocycles. The maximum Gasteiger partial charge on any atom is 0.270 e. The van der Waals surface area contributed by atoms with Crippen LogP contribution >= 0.6 is 0 Å². The summed E-state index contributed by atoms with van der Waals surface area (Å²) in [5, 5.41) is 3.31. The van der Waals surface area contributed by atoms with Crippen molar-refractivity contribution in [3.8, 4) is 11.3 Å². The van der Waals surface area contributed by atoms with Crippen molar-refractivity contribution in [2.45, 2.75) is 53.0 Å². The van der Waals surface area contributed by atoms with Crippen molar-refractivity contribution in [1.29, 1.82) is 0 Å². The molecule has 0 amide bonds. The number of aromatic nitrogens is 2. The van der Waals surface area contributed by atoms with Crippen molar-refractivity contribution in [2.24, 2.45) is 0 Å². The number of rotatable bonds is 3. The molecule has 0 spiro atoms. The van der Waals surface area contributed by atoms with Crippen molar-refractivity contribution in [3.63, 3.8) is 0 Å². The Morgan fingerprint density at radius 1 is 1.25 bits per heavy atom. The molecule has 3 heteroatoms. The fourth-order valence-electron chi connectivity index (χ4n) is 2.57. The Hall–Kier alpha value is -1.77. The van der Waals surface area contributed by atoms with Gasteiger partial charge in [-0.1, -0.05) is 51.5 Å². The van der Waals surface area contributed by atoms with Gasteiger partial charge in [-0.05, 0) is 24.8 Å². The Bertz CT molecular complexity index is 656. The maximum atomic E-state index is 12.6. The van der Waals surface area contributed by atoms with Crippen LogP contribution in [0.15, 0.2) is 29.1 Å². The van der Waals surface area contributed by atoms with Gasteiger partial charge < -0.3 is 0 Å². The average Bonchev–Trinajstić information content (AvgIpc) is 2.67. The summed E-state index contributed by atoms with van der Waals surface area (Å²) in [4.78, 5) is 12.6. The first kappa shape index (κ1) is 14.6. The summed E-state index contributed by atoms with van der Waals surface area (Å²) >= 11 is 0. The van der Waals surface area contributed by atoms with E-state index in [-0.39, 0.29) is 11.0 Å². The monoisotopic (exact) mass is 272 g/mol. The molecule has 2 rings (SSSR count). The third kappa shape index (κ3) is 2.72. The van der Waals surface area contributed by atoms with Gasteiger partial charge in [-0.15, -0.1) is 0 Å². The molecule has 20 heavy (non-hydrogen) atoms. The van der Waals surface area contributed by atoms with Crippen LogP contribution in [0.25, 0.3) is 11.3 Å². The molecule has 0 radical (unpaired) electrons. The minimum atomic E-state index is -0.175. The normalized spacial score (nSPS) is 11.8. The second-order valence-corrected chi connectivity index (χ2v) is 6.44. The molecule has 0 saturated heterocycles. The number of benzene rings is 1. The molecule has 3 nitrogen and oxygen atoms in total. The topological polar surface area (TPSA) is 37.8 Å². The lowest BCUT2D eigenvalue weighted by Gasteiger charge is -2.17. The predicted octanol–water partition coefficient (Wildman–Crippen LogP) is 3.86. The lowest BCUT2D eigenvalue weighted by atomic mass is 9.85. The van der Waals surface area contributed by atoms with Crippen LogP contribution in [-0.2, 0) is 12.0 Å². The van der Waals surface area contributed by atoms with Gasteiger partial charge in [0.1, 0.15) is 0 Å². The molecule has 0 unspecified atom stereocenters. The highest BCUT2D eigenvalue weighted by Crippen LogP contribution is 2.29. The van der Waals surface area contributed by atoms with Crippen LogP contribution in [0.1, 0.15) is 45.2 Å². The van der Waals surface area contributed by atoms with E-state index in [9.17, 15) is 4.79 Å². The molecule has 0 saturated carbocycles. The molecule has 1 aromatic carbocycles. The predicted molar refractivity (Wildman–Crippen MR) is 84.2 cm³/mol. The largest absolute Gasteiger partial charge is 0.295 e. The molecule has 0 fully saturated rings. The first-order chi connectivity index (χ1) is 9.34. The van der Waals surface area contributed by atoms with Gasteiger partial charge >= 0.3 is 0 Å². The van der Waals surface area contributed by atoms with Crippen LogP contribution in [-0.4, -0.2) is 9.78 Å². The van der Waals surface area contributed by atoms with E-state index < -0.39 is 0 Å². The van der Waals surface area contributed by atoms with Crippen molar-refractivity contribution in [1.82, 2.24) is 9.78 Å². The number of hydrogen-bond acceptors (Lipinski definition) is 1. The van der Waals surface area contributed by atoms with E-state index >= 15 is 0 Å². The quantitative estimate of drug-likeness (QED) is 0.905. The van der Waals surface area contributed by atoms with Gasteiger partial charge in [-0.2, -0.15) is 0 Å². The highest BCUT2D eigenvalue weighted by atomic mass is 16.1. The van der Waals surface area contributed by atoms with Gasteiger partial charge in [0.05, 0.1) is 5.69 Å². The number of nitrogens with one attached hydrogen (secondary N) is 1. The molecule has 0 aliphatic heterocycles. The van der Waals surface area contributed by atoms with E-state index in [0.717, 1.165) is 29.8 Å².